The lowest BCUT2D eigenvalue weighted by Gasteiger charge is -2.29. The standard InChI is InChI=1S/C31H28FN5O4/c1-4-18(2)28(31(40)41)37(3)30(39)22-12-11-20(25(32)15-22)8-5-19-6-9-21(10-7-19)27-16-23(29(38)36-33)24-17-34-14-13-26(24)35-27/h6-7,9-18,28H,4,33H2,1-3H3,(H,36,38)(H,40,41). The number of amides is 2. The van der Waals surface area contributed by atoms with E-state index in [9.17, 15) is 23.9 Å². The molecule has 0 bridgehead atoms. The Morgan fingerprint density at radius 3 is 2.46 bits per heavy atom. The fourth-order valence-corrected chi connectivity index (χ4v) is 4.44. The molecule has 9 nitrogen and oxygen atoms in total. The molecule has 2 aromatic heterocycles. The number of carbonyl (C=O) groups is 3. The molecule has 0 aliphatic heterocycles. The van der Waals surface area contributed by atoms with Gasteiger partial charge in [-0.1, -0.05) is 44.2 Å². The second-order valence-electron chi connectivity index (χ2n) is 9.53. The largest absolute Gasteiger partial charge is 0.480 e. The van der Waals surface area contributed by atoms with Crippen LogP contribution in [-0.4, -0.2) is 50.8 Å². The highest BCUT2D eigenvalue weighted by molar-refractivity contribution is 6.06. The number of nitrogens with zero attached hydrogens (tertiary/aromatic N) is 3. The number of hydrogen-bond donors (Lipinski definition) is 3. The number of nitrogens with one attached hydrogen (secondary N) is 1. The van der Waals surface area contributed by atoms with E-state index >= 15 is 0 Å². The van der Waals surface area contributed by atoms with E-state index in [0.717, 1.165) is 16.5 Å². The van der Waals surface area contributed by atoms with E-state index in [0.29, 0.717) is 34.1 Å². The first-order valence-electron chi connectivity index (χ1n) is 12.8. The smallest absolute Gasteiger partial charge is 0.326 e. The van der Waals surface area contributed by atoms with Gasteiger partial charge in [-0.25, -0.2) is 20.0 Å². The van der Waals surface area contributed by atoms with Crippen molar-refractivity contribution in [3.05, 3.63) is 95.1 Å². The van der Waals surface area contributed by atoms with Gasteiger partial charge in [0.25, 0.3) is 11.8 Å². The van der Waals surface area contributed by atoms with E-state index < -0.39 is 29.6 Å². The van der Waals surface area contributed by atoms with Crippen LogP contribution in [-0.2, 0) is 4.79 Å². The van der Waals surface area contributed by atoms with Crippen molar-refractivity contribution in [2.24, 2.45) is 11.8 Å². The van der Waals surface area contributed by atoms with E-state index in [-0.39, 0.29) is 17.0 Å². The second-order valence-corrected chi connectivity index (χ2v) is 9.53. The molecular weight excluding hydrogens is 525 g/mol. The van der Waals surface area contributed by atoms with Crippen LogP contribution in [0.2, 0.25) is 0 Å². The van der Waals surface area contributed by atoms with Crippen LogP contribution >= 0.6 is 0 Å². The number of pyridine rings is 2. The number of aromatic nitrogens is 2. The summed E-state index contributed by atoms with van der Waals surface area (Å²) in [6.07, 6.45) is 3.71. The fraction of sp³-hybridized carbons (Fsp3) is 0.194. The predicted octanol–water partition coefficient (Wildman–Crippen LogP) is 4.01. The lowest BCUT2D eigenvalue weighted by atomic mass is 9.97. The summed E-state index contributed by atoms with van der Waals surface area (Å²) >= 11 is 0. The molecule has 41 heavy (non-hydrogen) atoms. The van der Waals surface area contributed by atoms with Gasteiger partial charge in [0.05, 0.1) is 22.3 Å². The lowest BCUT2D eigenvalue weighted by Crippen LogP contribution is -2.46. The Kier molecular flexibility index (Phi) is 8.70. The van der Waals surface area contributed by atoms with Gasteiger partial charge in [-0.15, -0.1) is 0 Å². The van der Waals surface area contributed by atoms with Crippen LogP contribution in [0.5, 0.6) is 0 Å². The summed E-state index contributed by atoms with van der Waals surface area (Å²) in [4.78, 5) is 46.7. The number of likely N-dealkylation sites (N-methyl/N-ethyl adjacent to an activating group) is 1. The van der Waals surface area contributed by atoms with E-state index in [4.69, 9.17) is 5.84 Å². The summed E-state index contributed by atoms with van der Waals surface area (Å²) in [6, 6.07) is 13.3. The number of rotatable bonds is 7. The quantitative estimate of drug-likeness (QED) is 0.136. The molecule has 0 saturated carbocycles. The highest BCUT2D eigenvalue weighted by Gasteiger charge is 2.31. The highest BCUT2D eigenvalue weighted by Crippen LogP contribution is 2.25. The number of nitrogens with two attached hydrogens (primary N) is 1. The van der Waals surface area contributed by atoms with Gasteiger partial charge >= 0.3 is 5.97 Å². The number of hydrazine groups is 1. The van der Waals surface area contributed by atoms with Gasteiger partial charge in [-0.2, -0.15) is 0 Å². The number of aliphatic carboxylic acids is 1. The highest BCUT2D eigenvalue weighted by atomic mass is 19.1. The number of fused-ring (bicyclic) bond motifs is 1. The molecule has 2 atom stereocenters. The van der Waals surface area contributed by atoms with E-state index in [1.165, 1.54) is 19.2 Å². The monoisotopic (exact) mass is 553 g/mol. The molecule has 0 radical (unpaired) electrons. The molecule has 4 aromatic rings. The number of carbonyl (C=O) groups excluding carboxylic acids is 2. The van der Waals surface area contributed by atoms with Gasteiger partial charge in [0.2, 0.25) is 0 Å². The number of hydrogen-bond acceptors (Lipinski definition) is 6. The van der Waals surface area contributed by atoms with Gasteiger partial charge in [0, 0.05) is 41.5 Å². The van der Waals surface area contributed by atoms with Crippen molar-refractivity contribution in [2.45, 2.75) is 26.3 Å². The molecule has 0 aliphatic carbocycles. The summed E-state index contributed by atoms with van der Waals surface area (Å²) in [7, 11) is 1.40. The first-order chi connectivity index (χ1) is 19.6. The summed E-state index contributed by atoms with van der Waals surface area (Å²) in [5, 5.41) is 10.1. The third-order valence-electron chi connectivity index (χ3n) is 6.90. The molecule has 4 rings (SSSR count). The van der Waals surface area contributed by atoms with Gasteiger partial charge in [0.1, 0.15) is 11.9 Å². The number of nitrogen functional groups attached to an aromatic ring is 1. The average Bonchev–Trinajstić information content (AvgIpc) is 2.99. The molecule has 10 heteroatoms. The summed E-state index contributed by atoms with van der Waals surface area (Å²) in [6.45, 7) is 3.60. The normalized spacial score (nSPS) is 12.1. The molecule has 0 fully saturated rings. The lowest BCUT2D eigenvalue weighted by molar-refractivity contribution is -0.143. The van der Waals surface area contributed by atoms with Gasteiger partial charge in [-0.05, 0) is 48.4 Å². The Bertz CT molecular complexity index is 1690. The Hall–Kier alpha value is -5.14. The molecule has 2 heterocycles. The maximum absolute atomic E-state index is 14.9. The zero-order valence-corrected chi connectivity index (χ0v) is 22.7. The van der Waals surface area contributed by atoms with E-state index in [1.54, 1.807) is 55.7 Å². The minimum atomic E-state index is -1.11. The van der Waals surface area contributed by atoms with Crippen LogP contribution < -0.4 is 11.3 Å². The Morgan fingerprint density at radius 1 is 1.10 bits per heavy atom. The van der Waals surface area contributed by atoms with Crippen LogP contribution in [0.3, 0.4) is 0 Å². The second kappa shape index (κ2) is 12.4. The van der Waals surface area contributed by atoms with Crippen molar-refractivity contribution in [1.29, 1.82) is 0 Å². The molecule has 2 unspecified atom stereocenters. The SMILES string of the molecule is CCC(C)C(C(=O)O)N(C)C(=O)c1ccc(C#Cc2ccc(-c3cc(C(=O)NN)c4cnccc4n3)cc2)c(F)c1. The zero-order valence-electron chi connectivity index (χ0n) is 22.7. The molecule has 208 valence electrons. The Balaban J connectivity index is 1.55. The molecule has 2 aromatic carbocycles. The van der Waals surface area contributed by atoms with Gasteiger partial charge < -0.3 is 10.0 Å². The summed E-state index contributed by atoms with van der Waals surface area (Å²) in [5.74, 6) is 7.90. The first kappa shape index (κ1) is 28.9. The summed E-state index contributed by atoms with van der Waals surface area (Å²) < 4.78 is 14.9. The third-order valence-corrected chi connectivity index (χ3v) is 6.90. The van der Waals surface area contributed by atoms with Crippen molar-refractivity contribution < 1.29 is 23.9 Å². The van der Waals surface area contributed by atoms with E-state index in [1.807, 2.05) is 6.92 Å². The van der Waals surface area contributed by atoms with Gasteiger partial charge in [0.15, 0.2) is 0 Å². The molecule has 0 saturated heterocycles. The van der Waals surface area contributed by atoms with Crippen LogP contribution in [0, 0.1) is 23.6 Å². The van der Waals surface area contributed by atoms with Crippen molar-refractivity contribution in [2.75, 3.05) is 7.05 Å². The van der Waals surface area contributed by atoms with Crippen molar-refractivity contribution >= 4 is 28.7 Å². The number of halogens is 1. The Morgan fingerprint density at radius 2 is 1.83 bits per heavy atom. The minimum absolute atomic E-state index is 0.0378. The van der Waals surface area contributed by atoms with Crippen LogP contribution in [0.1, 0.15) is 52.1 Å². The van der Waals surface area contributed by atoms with Crippen LogP contribution in [0.15, 0.2) is 67.0 Å². The van der Waals surface area contributed by atoms with Crippen molar-refractivity contribution in [3.8, 4) is 23.1 Å². The molecule has 0 spiro atoms. The number of carboxylic acids is 1. The number of benzene rings is 2. The summed E-state index contributed by atoms with van der Waals surface area (Å²) in [5.41, 5.74) is 5.08. The van der Waals surface area contributed by atoms with Crippen molar-refractivity contribution in [3.63, 3.8) is 0 Å². The van der Waals surface area contributed by atoms with Crippen molar-refractivity contribution in [1.82, 2.24) is 20.3 Å². The fourth-order valence-electron chi connectivity index (χ4n) is 4.44. The van der Waals surface area contributed by atoms with Gasteiger partial charge in [-0.3, -0.25) is 20.0 Å². The maximum atomic E-state index is 14.9. The molecule has 4 N–H and O–H groups in total. The predicted molar refractivity (Wildman–Crippen MR) is 152 cm³/mol. The van der Waals surface area contributed by atoms with Crippen LogP contribution in [0.25, 0.3) is 22.2 Å². The number of carboxylic acid groups (broad SMARTS) is 1. The zero-order chi connectivity index (χ0) is 29.7. The third kappa shape index (κ3) is 6.21. The average molecular weight is 554 g/mol. The van der Waals surface area contributed by atoms with Crippen LogP contribution in [0.4, 0.5) is 4.39 Å². The Labute approximate surface area is 236 Å². The minimum Gasteiger partial charge on any atom is -0.480 e. The first-order valence-corrected chi connectivity index (χ1v) is 12.8. The van der Waals surface area contributed by atoms with E-state index in [2.05, 4.69) is 27.2 Å². The topological polar surface area (TPSA) is 139 Å². The molecule has 2 amide bonds. The molecular formula is C31H28FN5O4. The maximum Gasteiger partial charge on any atom is 0.326 e. The molecule has 0 aliphatic rings.